The molecule has 0 saturated carbocycles. The van der Waals surface area contributed by atoms with Gasteiger partial charge in [-0.2, -0.15) is 0 Å². The van der Waals surface area contributed by atoms with Crippen LogP contribution >= 0.6 is 0 Å². The third-order valence-corrected chi connectivity index (χ3v) is 5.53. The minimum atomic E-state index is -1.70. The number of imide groups is 1. The van der Waals surface area contributed by atoms with Crippen molar-refractivity contribution in [1.82, 2.24) is 5.06 Å². The van der Waals surface area contributed by atoms with Crippen LogP contribution in [0.5, 0.6) is 0 Å². The molecule has 4 rings (SSSR count). The van der Waals surface area contributed by atoms with Gasteiger partial charge in [0.25, 0.3) is 11.8 Å². The number of amides is 2. The van der Waals surface area contributed by atoms with Gasteiger partial charge in [0.15, 0.2) is 5.60 Å². The van der Waals surface area contributed by atoms with E-state index in [1.54, 1.807) is 36.4 Å². The number of esters is 2. The maximum atomic E-state index is 12.8. The zero-order chi connectivity index (χ0) is 23.8. The lowest BCUT2D eigenvalue weighted by atomic mass is 9.78. The number of rotatable bonds is 6. The second kappa shape index (κ2) is 8.17. The molecule has 2 atom stereocenters. The Bertz CT molecular complexity index is 1090. The van der Waals surface area contributed by atoms with Crippen LogP contribution in [0.1, 0.15) is 18.4 Å². The van der Waals surface area contributed by atoms with E-state index < -0.39 is 47.7 Å². The predicted octanol–water partition coefficient (Wildman–Crippen LogP) is 1.08. The van der Waals surface area contributed by atoms with Crippen molar-refractivity contribution >= 4 is 29.9 Å². The Morgan fingerprint density at radius 3 is 2.15 bits per heavy atom. The molecule has 11 heteroatoms. The lowest BCUT2D eigenvalue weighted by Gasteiger charge is -2.27. The van der Waals surface area contributed by atoms with Gasteiger partial charge in [0.05, 0.1) is 25.4 Å². The van der Waals surface area contributed by atoms with Gasteiger partial charge >= 0.3 is 18.1 Å². The molecule has 3 heterocycles. The fourth-order valence-electron chi connectivity index (χ4n) is 4.07. The van der Waals surface area contributed by atoms with Crippen molar-refractivity contribution in [3.8, 4) is 0 Å². The highest BCUT2D eigenvalue weighted by molar-refractivity contribution is 6.06. The first-order valence-corrected chi connectivity index (χ1v) is 9.86. The summed E-state index contributed by atoms with van der Waals surface area (Å²) in [7, 11) is 2.28. The highest BCUT2D eigenvalue weighted by Crippen LogP contribution is 2.55. The Labute approximate surface area is 187 Å². The topological polar surface area (TPSA) is 135 Å². The van der Waals surface area contributed by atoms with Crippen LogP contribution in [-0.2, 0) is 48.6 Å². The third-order valence-electron chi connectivity index (χ3n) is 5.53. The Kier molecular flexibility index (Phi) is 5.50. The highest BCUT2D eigenvalue weighted by atomic mass is 16.8. The largest absolute Gasteiger partial charge is 0.534 e. The summed E-state index contributed by atoms with van der Waals surface area (Å²) in [6.07, 6.45) is 1.50. The molecule has 2 unspecified atom stereocenters. The monoisotopic (exact) mass is 457 g/mol. The Morgan fingerprint density at radius 1 is 0.939 bits per heavy atom. The van der Waals surface area contributed by atoms with Gasteiger partial charge in [0.2, 0.25) is 0 Å². The van der Waals surface area contributed by atoms with Gasteiger partial charge in [-0.25, -0.2) is 14.4 Å². The number of fused-ring (bicyclic) bond motifs is 2. The molecule has 1 fully saturated rings. The molecule has 2 amide bonds. The van der Waals surface area contributed by atoms with Gasteiger partial charge in [-0.3, -0.25) is 14.4 Å². The SMILES string of the molecule is COC(=O)C1=C(C(=O)OC)C2(c3ccccc3)C=CC1(COC(=O)ON1C(=O)CCC1=O)O2. The maximum absolute atomic E-state index is 12.8. The number of nitrogens with zero attached hydrogens (tertiary/aromatic N) is 1. The van der Waals surface area contributed by atoms with E-state index in [0.717, 1.165) is 14.2 Å². The van der Waals surface area contributed by atoms with E-state index in [0.29, 0.717) is 10.6 Å². The molecular formula is C22H19NO10. The van der Waals surface area contributed by atoms with E-state index in [-0.39, 0.29) is 24.0 Å². The van der Waals surface area contributed by atoms with E-state index in [1.165, 1.54) is 6.08 Å². The molecular weight excluding hydrogens is 438 g/mol. The van der Waals surface area contributed by atoms with Crippen molar-refractivity contribution in [2.75, 3.05) is 20.8 Å². The number of benzene rings is 1. The second-order valence-corrected chi connectivity index (χ2v) is 7.37. The van der Waals surface area contributed by atoms with E-state index in [1.807, 2.05) is 0 Å². The predicted molar refractivity (Wildman–Crippen MR) is 106 cm³/mol. The maximum Gasteiger partial charge on any atom is 0.534 e. The zero-order valence-corrected chi connectivity index (χ0v) is 17.7. The molecule has 2 bridgehead atoms. The van der Waals surface area contributed by atoms with E-state index in [4.69, 9.17) is 23.8 Å². The summed E-state index contributed by atoms with van der Waals surface area (Å²) in [6.45, 7) is -0.613. The number of carbonyl (C=O) groups is 5. The number of hydrogen-bond acceptors (Lipinski definition) is 10. The van der Waals surface area contributed by atoms with Crippen molar-refractivity contribution in [3.63, 3.8) is 0 Å². The van der Waals surface area contributed by atoms with Gasteiger partial charge in [-0.1, -0.05) is 35.4 Å². The molecule has 0 spiro atoms. The van der Waals surface area contributed by atoms with Crippen molar-refractivity contribution in [2.24, 2.45) is 0 Å². The Hall–Kier alpha value is -3.99. The molecule has 0 N–H and O–H groups in total. The first-order valence-electron chi connectivity index (χ1n) is 9.86. The van der Waals surface area contributed by atoms with Crippen molar-refractivity contribution in [2.45, 2.75) is 24.0 Å². The van der Waals surface area contributed by atoms with Crippen molar-refractivity contribution in [1.29, 1.82) is 0 Å². The quantitative estimate of drug-likeness (QED) is 0.264. The normalized spacial score (nSPS) is 25.5. The highest BCUT2D eigenvalue weighted by Gasteiger charge is 2.63. The van der Waals surface area contributed by atoms with Crippen molar-refractivity contribution in [3.05, 3.63) is 59.2 Å². The minimum absolute atomic E-state index is 0.0841. The van der Waals surface area contributed by atoms with Crippen LogP contribution in [0, 0.1) is 0 Å². The fraction of sp³-hybridized carbons (Fsp3) is 0.318. The first kappa shape index (κ1) is 22.2. The number of ether oxygens (including phenoxy) is 4. The molecule has 1 aromatic carbocycles. The van der Waals surface area contributed by atoms with Gasteiger partial charge in [0, 0.05) is 12.8 Å². The molecule has 3 aliphatic heterocycles. The molecule has 0 aromatic heterocycles. The zero-order valence-electron chi connectivity index (χ0n) is 17.7. The number of hydrogen-bond donors (Lipinski definition) is 0. The minimum Gasteiger partial charge on any atom is -0.466 e. The molecule has 11 nitrogen and oxygen atoms in total. The van der Waals surface area contributed by atoms with Gasteiger partial charge in [-0.05, 0) is 17.7 Å². The number of carbonyl (C=O) groups excluding carboxylic acids is 5. The summed E-state index contributed by atoms with van der Waals surface area (Å²) in [5.41, 5.74) is -2.99. The standard InChI is InChI=1S/C22H19NO10/c1-29-18(26)16-17(19(27)30-2)22(13-6-4-3-5-7-13)11-10-21(16,33-22)12-31-20(28)32-23-14(24)8-9-15(23)25/h3-7,10-11H,8-9,12H2,1-2H3. The summed E-state index contributed by atoms with van der Waals surface area (Å²) in [6, 6.07) is 8.62. The number of methoxy groups -OCH3 is 2. The summed E-state index contributed by atoms with van der Waals surface area (Å²) in [4.78, 5) is 65.7. The summed E-state index contributed by atoms with van der Waals surface area (Å²) >= 11 is 0. The van der Waals surface area contributed by atoms with Crippen LogP contribution in [0.15, 0.2) is 53.6 Å². The van der Waals surface area contributed by atoms with Crippen LogP contribution in [0.25, 0.3) is 0 Å². The van der Waals surface area contributed by atoms with Crippen molar-refractivity contribution < 1.29 is 47.8 Å². The molecule has 0 aliphatic carbocycles. The number of hydroxylamine groups is 2. The molecule has 172 valence electrons. The average molecular weight is 457 g/mol. The first-order chi connectivity index (χ1) is 15.8. The summed E-state index contributed by atoms with van der Waals surface area (Å²) < 4.78 is 21.1. The molecule has 1 aromatic rings. The van der Waals surface area contributed by atoms with Crippen LogP contribution in [0.3, 0.4) is 0 Å². The molecule has 1 saturated heterocycles. The second-order valence-electron chi connectivity index (χ2n) is 7.37. The van der Waals surface area contributed by atoms with Gasteiger partial charge < -0.3 is 18.9 Å². The summed E-state index contributed by atoms with van der Waals surface area (Å²) in [5.74, 6) is -3.08. The van der Waals surface area contributed by atoms with Crippen LogP contribution in [0.2, 0.25) is 0 Å². The summed E-state index contributed by atoms with van der Waals surface area (Å²) in [5, 5.41) is 0.325. The van der Waals surface area contributed by atoms with E-state index in [2.05, 4.69) is 0 Å². The lowest BCUT2D eigenvalue weighted by Crippen LogP contribution is -2.40. The Balaban J connectivity index is 1.68. The van der Waals surface area contributed by atoms with E-state index >= 15 is 0 Å². The molecule has 33 heavy (non-hydrogen) atoms. The molecule has 0 radical (unpaired) electrons. The van der Waals surface area contributed by atoms with Crippen LogP contribution < -0.4 is 0 Å². The van der Waals surface area contributed by atoms with Gasteiger partial charge in [-0.15, -0.1) is 0 Å². The Morgan fingerprint density at radius 2 is 1.55 bits per heavy atom. The fourth-order valence-corrected chi connectivity index (χ4v) is 4.07. The third kappa shape index (κ3) is 3.46. The molecule has 3 aliphatic rings. The average Bonchev–Trinajstić information content (AvgIpc) is 3.47. The van der Waals surface area contributed by atoms with E-state index in [9.17, 15) is 24.0 Å². The lowest BCUT2D eigenvalue weighted by molar-refractivity contribution is -0.178. The van der Waals surface area contributed by atoms with Crippen LogP contribution in [-0.4, -0.2) is 61.4 Å². The smallest absolute Gasteiger partial charge is 0.466 e. The van der Waals surface area contributed by atoms with Crippen LogP contribution in [0.4, 0.5) is 4.79 Å². The van der Waals surface area contributed by atoms with Gasteiger partial charge in [0.1, 0.15) is 12.2 Å².